The molecule has 0 saturated carbocycles. The summed E-state index contributed by atoms with van der Waals surface area (Å²) < 4.78 is 22.0. The van der Waals surface area contributed by atoms with E-state index in [4.69, 9.17) is 18.9 Å². The number of allylic oxidation sites excluding steroid dienone is 12. The number of rotatable bonds is 35. The molecule has 1 saturated heterocycles. The largest absolute Gasteiger partial charge is 0.462 e. The first kappa shape index (κ1) is 52.2. The van der Waals surface area contributed by atoms with Gasteiger partial charge in [0.2, 0.25) is 0 Å². The van der Waals surface area contributed by atoms with Crippen molar-refractivity contribution in [1.82, 2.24) is 0 Å². The molecule has 2 unspecified atom stereocenters. The van der Waals surface area contributed by atoms with Crippen LogP contribution < -0.4 is 0 Å². The average molecular weight is 803 g/mol. The quantitative estimate of drug-likeness (QED) is 0.0277. The lowest BCUT2D eigenvalue weighted by atomic mass is 9.99. The molecule has 1 aliphatic rings. The van der Waals surface area contributed by atoms with Crippen LogP contribution in [0.15, 0.2) is 72.9 Å². The van der Waals surface area contributed by atoms with Crippen LogP contribution in [0.5, 0.6) is 0 Å². The number of hydrogen-bond acceptors (Lipinski definition) is 10. The highest BCUT2D eigenvalue weighted by Crippen LogP contribution is 2.22. The van der Waals surface area contributed by atoms with E-state index in [9.17, 15) is 30.0 Å². The predicted octanol–water partition coefficient (Wildman–Crippen LogP) is 9.22. The van der Waals surface area contributed by atoms with Crippen LogP contribution >= 0.6 is 0 Å². The van der Waals surface area contributed by atoms with Gasteiger partial charge in [-0.3, -0.25) is 9.59 Å². The number of aliphatic hydroxyl groups is 4. The van der Waals surface area contributed by atoms with E-state index in [-0.39, 0.29) is 26.1 Å². The highest BCUT2D eigenvalue weighted by atomic mass is 16.7. The predicted molar refractivity (Wildman–Crippen MR) is 228 cm³/mol. The number of ether oxygens (including phenoxy) is 4. The maximum atomic E-state index is 12.7. The lowest BCUT2D eigenvalue weighted by molar-refractivity contribution is -0.305. The molecule has 10 heteroatoms. The second-order valence-electron chi connectivity index (χ2n) is 14.8. The van der Waals surface area contributed by atoms with Gasteiger partial charge in [-0.05, 0) is 77.0 Å². The molecular formula is C47H78O10. The summed E-state index contributed by atoms with van der Waals surface area (Å²) in [6.07, 6.45) is 39.2. The van der Waals surface area contributed by atoms with E-state index in [1.54, 1.807) is 0 Å². The summed E-state index contributed by atoms with van der Waals surface area (Å²) in [6, 6.07) is 0. The molecule has 1 fully saturated rings. The van der Waals surface area contributed by atoms with Gasteiger partial charge >= 0.3 is 11.9 Å². The first-order valence-corrected chi connectivity index (χ1v) is 22.0. The minimum absolute atomic E-state index is 0.144. The Morgan fingerprint density at radius 1 is 0.561 bits per heavy atom. The molecule has 0 aromatic carbocycles. The van der Waals surface area contributed by atoms with Crippen molar-refractivity contribution in [3.05, 3.63) is 72.9 Å². The Kier molecular flexibility index (Phi) is 34.2. The SMILES string of the molecule is CC/C=C/C/C=C/C/C=C/C/C=C/C/C=C/CCCC(=O)O[C@H](COC(=O)CCCC/C=C/CCCCCCCCCCC)CO[C@@H]1O[C@H](CO)[C@H](O)C(O)C1O. The van der Waals surface area contributed by atoms with Crippen molar-refractivity contribution in [3.8, 4) is 0 Å². The van der Waals surface area contributed by atoms with Crippen LogP contribution in [0.1, 0.15) is 155 Å². The van der Waals surface area contributed by atoms with Crippen molar-refractivity contribution < 1.29 is 49.0 Å². The van der Waals surface area contributed by atoms with E-state index in [1.165, 1.54) is 57.8 Å². The van der Waals surface area contributed by atoms with Crippen molar-refractivity contribution in [3.63, 3.8) is 0 Å². The summed E-state index contributed by atoms with van der Waals surface area (Å²) in [5.74, 6) is -0.907. The zero-order chi connectivity index (χ0) is 41.6. The molecule has 0 aliphatic carbocycles. The molecule has 10 nitrogen and oxygen atoms in total. The number of unbranched alkanes of at least 4 members (excludes halogenated alkanes) is 12. The van der Waals surface area contributed by atoms with E-state index in [2.05, 4.69) is 80.7 Å². The maximum absolute atomic E-state index is 12.7. The molecule has 0 aromatic rings. The van der Waals surface area contributed by atoms with E-state index >= 15 is 0 Å². The van der Waals surface area contributed by atoms with Gasteiger partial charge in [-0.15, -0.1) is 0 Å². The summed E-state index contributed by atoms with van der Waals surface area (Å²) in [5.41, 5.74) is 0. The first-order valence-electron chi connectivity index (χ1n) is 22.0. The minimum atomic E-state index is -1.61. The van der Waals surface area contributed by atoms with Gasteiger partial charge in [0.25, 0.3) is 0 Å². The molecule has 0 radical (unpaired) electrons. The number of aliphatic hydroxyl groups excluding tert-OH is 4. The third-order valence-electron chi connectivity index (χ3n) is 9.58. The van der Waals surface area contributed by atoms with E-state index in [1.807, 2.05) is 6.08 Å². The molecule has 0 bridgehead atoms. The highest BCUT2D eigenvalue weighted by molar-refractivity contribution is 5.70. The zero-order valence-corrected chi connectivity index (χ0v) is 35.3. The normalized spacial score (nSPS) is 21.0. The van der Waals surface area contributed by atoms with Gasteiger partial charge in [0.15, 0.2) is 12.4 Å². The number of carbonyl (C=O) groups excluding carboxylic acids is 2. The third kappa shape index (κ3) is 29.1. The molecular weight excluding hydrogens is 725 g/mol. The molecule has 1 aliphatic heterocycles. The summed E-state index contributed by atoms with van der Waals surface area (Å²) in [5, 5.41) is 40.0. The van der Waals surface area contributed by atoms with Crippen molar-refractivity contribution in [2.45, 2.75) is 192 Å². The van der Waals surface area contributed by atoms with Crippen molar-refractivity contribution in [2.75, 3.05) is 19.8 Å². The molecule has 6 atom stereocenters. The van der Waals surface area contributed by atoms with E-state index in [0.29, 0.717) is 19.3 Å². The van der Waals surface area contributed by atoms with E-state index in [0.717, 1.165) is 51.4 Å². The topological polar surface area (TPSA) is 152 Å². The van der Waals surface area contributed by atoms with Crippen molar-refractivity contribution in [2.24, 2.45) is 0 Å². The molecule has 0 aromatic heterocycles. The fourth-order valence-electron chi connectivity index (χ4n) is 6.10. The van der Waals surface area contributed by atoms with Gasteiger partial charge < -0.3 is 39.4 Å². The smallest absolute Gasteiger partial charge is 0.306 e. The number of carbonyl (C=O) groups is 2. The van der Waals surface area contributed by atoms with Gasteiger partial charge in [0, 0.05) is 12.8 Å². The second-order valence-corrected chi connectivity index (χ2v) is 14.8. The maximum Gasteiger partial charge on any atom is 0.306 e. The van der Waals surface area contributed by atoms with Gasteiger partial charge in [0.1, 0.15) is 31.0 Å². The van der Waals surface area contributed by atoms with Gasteiger partial charge in [0.05, 0.1) is 13.2 Å². The molecule has 1 rings (SSSR count). The lowest BCUT2D eigenvalue weighted by Crippen LogP contribution is -2.59. The van der Waals surface area contributed by atoms with Gasteiger partial charge in [-0.25, -0.2) is 0 Å². The fraction of sp³-hybridized carbons (Fsp3) is 0.702. The Balaban J connectivity index is 2.41. The van der Waals surface area contributed by atoms with Crippen LogP contribution in [0.2, 0.25) is 0 Å². The molecule has 4 N–H and O–H groups in total. The molecule has 326 valence electrons. The van der Waals surface area contributed by atoms with Crippen LogP contribution in [-0.4, -0.2) is 89.0 Å². The van der Waals surface area contributed by atoms with Crippen LogP contribution in [0.3, 0.4) is 0 Å². The lowest BCUT2D eigenvalue weighted by Gasteiger charge is -2.39. The minimum Gasteiger partial charge on any atom is -0.462 e. The first-order chi connectivity index (χ1) is 27.8. The highest BCUT2D eigenvalue weighted by Gasteiger charge is 2.44. The van der Waals surface area contributed by atoms with Crippen molar-refractivity contribution >= 4 is 11.9 Å². The Morgan fingerprint density at radius 3 is 1.63 bits per heavy atom. The summed E-state index contributed by atoms with van der Waals surface area (Å²) in [7, 11) is 0. The third-order valence-corrected chi connectivity index (χ3v) is 9.58. The van der Waals surface area contributed by atoms with Crippen molar-refractivity contribution in [1.29, 1.82) is 0 Å². The van der Waals surface area contributed by atoms with Crippen LogP contribution in [0.4, 0.5) is 0 Å². The monoisotopic (exact) mass is 803 g/mol. The molecule has 57 heavy (non-hydrogen) atoms. The Labute approximate surface area is 344 Å². The Bertz CT molecular complexity index is 1160. The Morgan fingerprint density at radius 2 is 1.05 bits per heavy atom. The zero-order valence-electron chi connectivity index (χ0n) is 35.3. The average Bonchev–Trinajstić information content (AvgIpc) is 3.21. The molecule has 1 heterocycles. The number of hydrogen-bond donors (Lipinski definition) is 4. The van der Waals surface area contributed by atoms with Crippen LogP contribution in [0.25, 0.3) is 0 Å². The van der Waals surface area contributed by atoms with Crippen LogP contribution in [0, 0.1) is 0 Å². The number of esters is 2. The Hall–Kier alpha value is -2.86. The standard InChI is InChI=1S/C47H78O10/c1-3-5-7-9-11-13-15-17-19-20-22-24-26-28-30-32-34-36-43(50)56-40(39-55-47-46(53)45(52)44(51)41(37-48)57-47)38-54-42(49)35-33-31-29-27-25-23-21-18-16-14-12-10-8-6-4-2/h5,7,11,13,17,19,22,24-25,27-28,30,40-41,44-48,51-53H,3-4,6,8-10,12,14-16,18,20-21,23,26,29,31-39H2,1-2H3/b7-5+,13-11+,19-17+,24-22+,27-25+,30-28+/t40-,41-,44+,45?,46?,47-/m1/s1. The van der Waals surface area contributed by atoms with Crippen LogP contribution in [-0.2, 0) is 28.5 Å². The molecule has 0 amide bonds. The van der Waals surface area contributed by atoms with Gasteiger partial charge in [-0.1, -0.05) is 138 Å². The van der Waals surface area contributed by atoms with E-state index < -0.39 is 55.4 Å². The fourth-order valence-corrected chi connectivity index (χ4v) is 6.10. The summed E-state index contributed by atoms with van der Waals surface area (Å²) in [4.78, 5) is 25.3. The molecule has 0 spiro atoms. The van der Waals surface area contributed by atoms with Gasteiger partial charge in [-0.2, -0.15) is 0 Å². The second kappa shape index (κ2) is 37.4. The summed E-state index contributed by atoms with van der Waals surface area (Å²) >= 11 is 0. The summed E-state index contributed by atoms with van der Waals surface area (Å²) in [6.45, 7) is 3.21.